The van der Waals surface area contributed by atoms with E-state index in [1.54, 1.807) is 24.3 Å². The fraction of sp³-hybridized carbons (Fsp3) is 0.429. The van der Waals surface area contributed by atoms with Crippen molar-refractivity contribution < 1.29 is 14.3 Å². The molecule has 1 saturated carbocycles. The Morgan fingerprint density at radius 3 is 2.74 bits per heavy atom. The van der Waals surface area contributed by atoms with E-state index in [0.29, 0.717) is 11.3 Å². The number of esters is 1. The summed E-state index contributed by atoms with van der Waals surface area (Å²) in [5, 5.41) is 5.82. The van der Waals surface area contributed by atoms with Crippen LogP contribution in [0.25, 0.3) is 0 Å². The van der Waals surface area contributed by atoms with Crippen molar-refractivity contribution in [2.24, 2.45) is 5.92 Å². The molecule has 0 unspecified atom stereocenters. The van der Waals surface area contributed by atoms with Crippen LogP contribution in [0.2, 0.25) is 0 Å². The van der Waals surface area contributed by atoms with Crippen molar-refractivity contribution in [3.63, 3.8) is 0 Å². The van der Waals surface area contributed by atoms with Gasteiger partial charge in [-0.15, -0.1) is 0 Å². The van der Waals surface area contributed by atoms with E-state index in [4.69, 9.17) is 0 Å². The average molecular weight is 262 g/mol. The number of nitrogens with one attached hydrogen (secondary N) is 2. The Kier molecular flexibility index (Phi) is 4.52. The highest BCUT2D eigenvalue weighted by molar-refractivity contribution is 6.01. The van der Waals surface area contributed by atoms with Crippen molar-refractivity contribution >= 4 is 17.6 Å². The Bertz CT molecular complexity index is 470. The normalized spacial score (nSPS) is 13.9. The topological polar surface area (TPSA) is 67.4 Å². The van der Waals surface area contributed by atoms with Gasteiger partial charge in [-0.3, -0.25) is 4.79 Å². The van der Waals surface area contributed by atoms with Gasteiger partial charge in [-0.25, -0.2) is 4.79 Å². The Labute approximate surface area is 112 Å². The van der Waals surface area contributed by atoms with E-state index < -0.39 is 5.97 Å². The summed E-state index contributed by atoms with van der Waals surface area (Å²) in [6.45, 7) is 1.14. The number of rotatable bonds is 6. The standard InChI is InChI=1S/C14H18N2O3/c1-19-14(18)11-4-2-3-5-12(11)16-13(17)9-15-8-10-6-7-10/h2-5,10,15H,6-9H2,1H3,(H,16,17). The zero-order valence-electron chi connectivity index (χ0n) is 10.9. The number of anilines is 1. The lowest BCUT2D eigenvalue weighted by Gasteiger charge is -2.10. The molecule has 19 heavy (non-hydrogen) atoms. The van der Waals surface area contributed by atoms with Gasteiger partial charge in [-0.1, -0.05) is 12.1 Å². The highest BCUT2D eigenvalue weighted by Gasteiger charge is 2.20. The molecule has 102 valence electrons. The van der Waals surface area contributed by atoms with E-state index in [-0.39, 0.29) is 12.5 Å². The third-order valence-corrected chi connectivity index (χ3v) is 3.02. The predicted octanol–water partition coefficient (Wildman–Crippen LogP) is 1.41. The summed E-state index contributed by atoms with van der Waals surface area (Å²) < 4.78 is 4.67. The first-order valence-electron chi connectivity index (χ1n) is 6.38. The molecule has 0 spiro atoms. The van der Waals surface area contributed by atoms with Gasteiger partial charge in [-0.05, 0) is 37.4 Å². The zero-order valence-corrected chi connectivity index (χ0v) is 10.9. The van der Waals surface area contributed by atoms with Gasteiger partial charge >= 0.3 is 5.97 Å². The van der Waals surface area contributed by atoms with E-state index in [1.165, 1.54) is 20.0 Å². The predicted molar refractivity (Wildman–Crippen MR) is 72.0 cm³/mol. The zero-order chi connectivity index (χ0) is 13.7. The molecule has 0 radical (unpaired) electrons. The Morgan fingerprint density at radius 2 is 2.05 bits per heavy atom. The van der Waals surface area contributed by atoms with Crippen molar-refractivity contribution in [2.75, 3.05) is 25.5 Å². The summed E-state index contributed by atoms with van der Waals surface area (Å²) in [5.74, 6) is 0.119. The maximum atomic E-state index is 11.8. The number of amides is 1. The maximum absolute atomic E-state index is 11.8. The van der Waals surface area contributed by atoms with Gasteiger partial charge in [0.1, 0.15) is 0 Å². The van der Waals surface area contributed by atoms with Crippen molar-refractivity contribution in [1.82, 2.24) is 5.32 Å². The third kappa shape index (κ3) is 4.06. The highest BCUT2D eigenvalue weighted by Crippen LogP contribution is 2.27. The molecule has 5 nitrogen and oxygen atoms in total. The van der Waals surface area contributed by atoms with E-state index in [1.807, 2.05) is 0 Å². The monoisotopic (exact) mass is 262 g/mol. The van der Waals surface area contributed by atoms with Gasteiger partial charge in [0.2, 0.25) is 5.91 Å². The Hall–Kier alpha value is -1.88. The molecule has 0 atom stereocenters. The number of carbonyl (C=O) groups excluding carboxylic acids is 2. The Morgan fingerprint density at radius 1 is 1.32 bits per heavy atom. The number of hydrogen-bond acceptors (Lipinski definition) is 4. The van der Waals surface area contributed by atoms with Crippen LogP contribution < -0.4 is 10.6 Å². The molecule has 2 rings (SSSR count). The van der Waals surface area contributed by atoms with Crippen molar-refractivity contribution in [3.05, 3.63) is 29.8 Å². The largest absolute Gasteiger partial charge is 0.465 e. The average Bonchev–Trinajstić information content (AvgIpc) is 3.22. The summed E-state index contributed by atoms with van der Waals surface area (Å²) in [7, 11) is 1.32. The maximum Gasteiger partial charge on any atom is 0.339 e. The molecule has 1 fully saturated rings. The molecule has 1 aromatic carbocycles. The summed E-state index contributed by atoms with van der Waals surface area (Å²) in [5.41, 5.74) is 0.841. The van der Waals surface area contributed by atoms with Crippen LogP contribution in [-0.2, 0) is 9.53 Å². The van der Waals surface area contributed by atoms with E-state index in [0.717, 1.165) is 12.5 Å². The molecule has 0 bridgehead atoms. The number of hydrogen-bond donors (Lipinski definition) is 2. The quantitative estimate of drug-likeness (QED) is 0.761. The lowest BCUT2D eigenvalue weighted by Crippen LogP contribution is -2.30. The molecule has 0 saturated heterocycles. The van der Waals surface area contributed by atoms with Crippen LogP contribution in [0.5, 0.6) is 0 Å². The van der Waals surface area contributed by atoms with Gasteiger partial charge < -0.3 is 15.4 Å². The third-order valence-electron chi connectivity index (χ3n) is 3.02. The van der Waals surface area contributed by atoms with E-state index in [9.17, 15) is 9.59 Å². The SMILES string of the molecule is COC(=O)c1ccccc1NC(=O)CNCC1CC1. The molecular formula is C14H18N2O3. The number of methoxy groups -OCH3 is 1. The molecule has 2 N–H and O–H groups in total. The van der Waals surface area contributed by atoms with Crippen LogP contribution in [0.1, 0.15) is 23.2 Å². The van der Waals surface area contributed by atoms with Crippen LogP contribution >= 0.6 is 0 Å². The van der Waals surface area contributed by atoms with Crippen molar-refractivity contribution in [2.45, 2.75) is 12.8 Å². The second-order valence-corrected chi connectivity index (χ2v) is 4.66. The summed E-state index contributed by atoms with van der Waals surface area (Å²) in [6, 6.07) is 6.80. The molecule has 5 heteroatoms. The van der Waals surface area contributed by atoms with E-state index >= 15 is 0 Å². The van der Waals surface area contributed by atoms with Crippen LogP contribution in [-0.4, -0.2) is 32.1 Å². The summed E-state index contributed by atoms with van der Waals surface area (Å²) in [4.78, 5) is 23.3. The molecule has 0 aromatic heterocycles. The molecule has 1 aromatic rings. The highest BCUT2D eigenvalue weighted by atomic mass is 16.5. The first-order chi connectivity index (χ1) is 9.20. The van der Waals surface area contributed by atoms with Crippen LogP contribution in [0.15, 0.2) is 24.3 Å². The minimum atomic E-state index is -0.457. The summed E-state index contributed by atoms with van der Waals surface area (Å²) in [6.07, 6.45) is 2.50. The van der Waals surface area contributed by atoms with E-state index in [2.05, 4.69) is 15.4 Å². The molecule has 1 aliphatic rings. The number of carbonyl (C=O) groups is 2. The fourth-order valence-corrected chi connectivity index (χ4v) is 1.79. The first kappa shape index (κ1) is 13.5. The second kappa shape index (κ2) is 6.33. The molecule has 1 aliphatic carbocycles. The smallest absolute Gasteiger partial charge is 0.339 e. The van der Waals surface area contributed by atoms with Crippen LogP contribution in [0.4, 0.5) is 5.69 Å². The second-order valence-electron chi connectivity index (χ2n) is 4.66. The molecular weight excluding hydrogens is 244 g/mol. The van der Waals surface area contributed by atoms with Crippen molar-refractivity contribution in [1.29, 1.82) is 0 Å². The lowest BCUT2D eigenvalue weighted by atomic mass is 10.2. The van der Waals surface area contributed by atoms with Crippen LogP contribution in [0, 0.1) is 5.92 Å². The molecule has 1 amide bonds. The molecule has 0 heterocycles. The fourth-order valence-electron chi connectivity index (χ4n) is 1.79. The van der Waals surface area contributed by atoms with Gasteiger partial charge in [0.15, 0.2) is 0 Å². The minimum Gasteiger partial charge on any atom is -0.465 e. The van der Waals surface area contributed by atoms with Crippen LogP contribution in [0.3, 0.4) is 0 Å². The summed E-state index contributed by atoms with van der Waals surface area (Å²) >= 11 is 0. The number of para-hydroxylation sites is 1. The first-order valence-corrected chi connectivity index (χ1v) is 6.38. The number of benzene rings is 1. The van der Waals surface area contributed by atoms with Crippen molar-refractivity contribution in [3.8, 4) is 0 Å². The number of ether oxygens (including phenoxy) is 1. The van der Waals surface area contributed by atoms with Gasteiger partial charge in [0.05, 0.1) is 24.9 Å². The van der Waals surface area contributed by atoms with Gasteiger partial charge in [0.25, 0.3) is 0 Å². The lowest BCUT2D eigenvalue weighted by molar-refractivity contribution is -0.115. The minimum absolute atomic E-state index is 0.156. The van der Waals surface area contributed by atoms with Gasteiger partial charge in [0, 0.05) is 0 Å². The van der Waals surface area contributed by atoms with Gasteiger partial charge in [-0.2, -0.15) is 0 Å². The molecule has 0 aliphatic heterocycles. The Balaban J connectivity index is 1.89.